The van der Waals surface area contributed by atoms with Gasteiger partial charge in [-0.1, -0.05) is 12.1 Å². The number of nitrogens with zero attached hydrogens (tertiary/aromatic N) is 1. The molecule has 1 atom stereocenters. The fourth-order valence-electron chi connectivity index (χ4n) is 1.73. The molecule has 0 radical (unpaired) electrons. The molecule has 1 unspecified atom stereocenters. The Bertz CT molecular complexity index is 459. The SMILES string of the molecule is COC(=O)NC1=NCC(c2ccc(I)cc2)CN1. The summed E-state index contributed by atoms with van der Waals surface area (Å²) in [5, 5.41) is 5.61. The number of guanidine groups is 1. The van der Waals surface area contributed by atoms with Crippen LogP contribution in [0.1, 0.15) is 11.5 Å². The van der Waals surface area contributed by atoms with Gasteiger partial charge in [0.1, 0.15) is 0 Å². The molecule has 1 aromatic rings. The van der Waals surface area contributed by atoms with Gasteiger partial charge in [-0.3, -0.25) is 10.3 Å². The number of methoxy groups -OCH3 is 1. The number of ether oxygens (including phenoxy) is 1. The molecule has 1 heterocycles. The van der Waals surface area contributed by atoms with Crippen molar-refractivity contribution in [3.05, 3.63) is 33.4 Å². The Labute approximate surface area is 119 Å². The van der Waals surface area contributed by atoms with Crippen LogP contribution in [0.5, 0.6) is 0 Å². The molecule has 0 saturated carbocycles. The van der Waals surface area contributed by atoms with Gasteiger partial charge in [-0.2, -0.15) is 0 Å². The average Bonchev–Trinajstić information content (AvgIpc) is 2.40. The zero-order valence-corrected chi connectivity index (χ0v) is 12.1. The van der Waals surface area contributed by atoms with Crippen molar-refractivity contribution in [3.63, 3.8) is 0 Å². The Morgan fingerprint density at radius 2 is 2.22 bits per heavy atom. The molecule has 0 bridgehead atoms. The van der Waals surface area contributed by atoms with E-state index in [-0.39, 0.29) is 0 Å². The molecular formula is C12H14IN3O2. The number of alkyl carbamates (subject to hydrolysis) is 1. The Hall–Kier alpha value is -1.31. The lowest BCUT2D eigenvalue weighted by atomic mass is 9.98. The maximum atomic E-state index is 11.0. The average molecular weight is 359 g/mol. The molecule has 2 N–H and O–H groups in total. The zero-order chi connectivity index (χ0) is 13.0. The van der Waals surface area contributed by atoms with Crippen molar-refractivity contribution in [3.8, 4) is 0 Å². The minimum Gasteiger partial charge on any atom is -0.453 e. The molecule has 2 rings (SSSR count). The molecule has 5 nitrogen and oxygen atoms in total. The fourth-order valence-corrected chi connectivity index (χ4v) is 2.09. The molecule has 0 spiro atoms. The van der Waals surface area contributed by atoms with Crippen LogP contribution in [-0.4, -0.2) is 32.3 Å². The highest BCUT2D eigenvalue weighted by Crippen LogP contribution is 2.18. The molecule has 96 valence electrons. The number of halogens is 1. The van der Waals surface area contributed by atoms with Gasteiger partial charge in [0.05, 0.1) is 13.7 Å². The lowest BCUT2D eigenvalue weighted by Crippen LogP contribution is -2.45. The predicted molar refractivity (Wildman–Crippen MR) is 77.7 cm³/mol. The van der Waals surface area contributed by atoms with Crippen LogP contribution in [-0.2, 0) is 4.74 Å². The first-order chi connectivity index (χ1) is 8.69. The molecule has 1 amide bonds. The Morgan fingerprint density at radius 1 is 1.50 bits per heavy atom. The van der Waals surface area contributed by atoms with E-state index >= 15 is 0 Å². The summed E-state index contributed by atoms with van der Waals surface area (Å²) in [5.41, 5.74) is 1.25. The van der Waals surface area contributed by atoms with Gasteiger partial charge in [0.2, 0.25) is 5.96 Å². The zero-order valence-electron chi connectivity index (χ0n) is 9.94. The van der Waals surface area contributed by atoms with Crippen molar-refractivity contribution >= 4 is 34.6 Å². The highest BCUT2D eigenvalue weighted by atomic mass is 127. The summed E-state index contributed by atoms with van der Waals surface area (Å²) in [5.74, 6) is 0.814. The lowest BCUT2D eigenvalue weighted by Gasteiger charge is -2.23. The maximum Gasteiger partial charge on any atom is 0.413 e. The van der Waals surface area contributed by atoms with Gasteiger partial charge in [0.15, 0.2) is 0 Å². The van der Waals surface area contributed by atoms with E-state index in [1.807, 2.05) is 0 Å². The number of carbonyl (C=O) groups is 1. The second-order valence-electron chi connectivity index (χ2n) is 3.94. The highest BCUT2D eigenvalue weighted by molar-refractivity contribution is 14.1. The predicted octanol–water partition coefficient (Wildman–Crippen LogP) is 1.69. The largest absolute Gasteiger partial charge is 0.453 e. The minimum absolute atomic E-state index is 0.338. The molecule has 0 fully saturated rings. The third kappa shape index (κ3) is 3.34. The smallest absolute Gasteiger partial charge is 0.413 e. The van der Waals surface area contributed by atoms with Crippen LogP contribution in [0.3, 0.4) is 0 Å². The number of hydrogen-bond acceptors (Lipinski definition) is 4. The molecule has 6 heteroatoms. The van der Waals surface area contributed by atoms with Crippen molar-refractivity contribution < 1.29 is 9.53 Å². The lowest BCUT2D eigenvalue weighted by molar-refractivity contribution is 0.176. The Morgan fingerprint density at radius 3 is 2.78 bits per heavy atom. The standard InChI is InChI=1S/C12H14IN3O2/c1-18-12(17)16-11-14-6-9(7-15-11)8-2-4-10(13)5-3-8/h2-5,9H,6-7H2,1H3,(H2,14,15,16,17). The van der Waals surface area contributed by atoms with Gasteiger partial charge in [-0.25, -0.2) is 4.79 Å². The van der Waals surface area contributed by atoms with Gasteiger partial charge in [-0.05, 0) is 40.3 Å². The summed E-state index contributed by atoms with van der Waals surface area (Å²) in [6, 6.07) is 8.40. The molecule has 1 aromatic carbocycles. The monoisotopic (exact) mass is 359 g/mol. The van der Waals surface area contributed by atoms with Crippen LogP contribution in [0.15, 0.2) is 29.3 Å². The number of rotatable bonds is 1. The van der Waals surface area contributed by atoms with Gasteiger partial charge in [-0.15, -0.1) is 0 Å². The van der Waals surface area contributed by atoms with E-state index in [0.717, 1.165) is 6.54 Å². The molecule has 1 aliphatic heterocycles. The van der Waals surface area contributed by atoms with Crippen LogP contribution in [0, 0.1) is 3.57 Å². The molecule has 0 aromatic heterocycles. The van der Waals surface area contributed by atoms with Gasteiger partial charge in [0, 0.05) is 16.0 Å². The van der Waals surface area contributed by atoms with Gasteiger partial charge < -0.3 is 10.1 Å². The van der Waals surface area contributed by atoms with E-state index in [1.54, 1.807) is 0 Å². The number of hydrogen-bond donors (Lipinski definition) is 2. The first kappa shape index (κ1) is 13.1. The van der Waals surface area contributed by atoms with Gasteiger partial charge >= 0.3 is 6.09 Å². The number of carbonyl (C=O) groups excluding carboxylic acids is 1. The molecule has 1 aliphatic rings. The van der Waals surface area contributed by atoms with Crippen molar-refractivity contribution in [1.29, 1.82) is 0 Å². The normalized spacial score (nSPS) is 18.6. The molecule has 0 aliphatic carbocycles. The van der Waals surface area contributed by atoms with Crippen LogP contribution < -0.4 is 10.6 Å². The fraction of sp³-hybridized carbons (Fsp3) is 0.333. The number of nitrogens with one attached hydrogen (secondary N) is 2. The van der Waals surface area contributed by atoms with E-state index in [4.69, 9.17) is 0 Å². The summed E-state index contributed by atoms with van der Waals surface area (Å²) >= 11 is 2.28. The summed E-state index contributed by atoms with van der Waals surface area (Å²) in [6.45, 7) is 1.41. The maximum absolute atomic E-state index is 11.0. The first-order valence-electron chi connectivity index (χ1n) is 5.58. The van der Waals surface area contributed by atoms with Gasteiger partial charge in [0.25, 0.3) is 0 Å². The van der Waals surface area contributed by atoms with Crippen molar-refractivity contribution in [1.82, 2.24) is 10.6 Å². The van der Waals surface area contributed by atoms with Crippen molar-refractivity contribution in [2.24, 2.45) is 4.99 Å². The number of amides is 1. The van der Waals surface area contributed by atoms with Crippen LogP contribution >= 0.6 is 22.6 Å². The summed E-state index contributed by atoms with van der Waals surface area (Å²) in [6.07, 6.45) is -0.506. The summed E-state index contributed by atoms with van der Waals surface area (Å²) in [7, 11) is 1.33. The molecule has 0 saturated heterocycles. The van der Waals surface area contributed by atoms with Crippen LogP contribution in [0.2, 0.25) is 0 Å². The number of aliphatic imine (C=N–C) groups is 1. The summed E-state index contributed by atoms with van der Waals surface area (Å²) < 4.78 is 5.73. The Kier molecular flexibility index (Phi) is 4.40. The van der Waals surface area contributed by atoms with E-state index in [9.17, 15) is 4.79 Å². The van der Waals surface area contributed by atoms with Crippen molar-refractivity contribution in [2.75, 3.05) is 20.2 Å². The third-order valence-corrected chi connectivity index (χ3v) is 3.45. The topological polar surface area (TPSA) is 62.7 Å². The molecular weight excluding hydrogens is 345 g/mol. The third-order valence-electron chi connectivity index (χ3n) is 2.73. The minimum atomic E-state index is -0.506. The van der Waals surface area contributed by atoms with E-state index < -0.39 is 6.09 Å². The Balaban J connectivity index is 1.97. The second-order valence-corrected chi connectivity index (χ2v) is 5.18. The highest BCUT2D eigenvalue weighted by Gasteiger charge is 2.17. The van der Waals surface area contributed by atoms with Crippen LogP contribution in [0.4, 0.5) is 4.79 Å². The van der Waals surface area contributed by atoms with Crippen LogP contribution in [0.25, 0.3) is 0 Å². The summed E-state index contributed by atoms with van der Waals surface area (Å²) in [4.78, 5) is 15.3. The number of benzene rings is 1. The van der Waals surface area contributed by atoms with E-state index in [2.05, 4.69) is 67.2 Å². The first-order valence-corrected chi connectivity index (χ1v) is 6.65. The molecule has 18 heavy (non-hydrogen) atoms. The second kappa shape index (κ2) is 6.03. The van der Waals surface area contributed by atoms with Crippen molar-refractivity contribution in [2.45, 2.75) is 5.92 Å². The van der Waals surface area contributed by atoms with E-state index in [0.29, 0.717) is 18.4 Å². The van der Waals surface area contributed by atoms with E-state index in [1.165, 1.54) is 16.2 Å². The quantitative estimate of drug-likeness (QED) is 0.751.